The van der Waals surface area contributed by atoms with Gasteiger partial charge in [0, 0.05) is 30.2 Å². The maximum Gasteiger partial charge on any atom is 0.323 e. The molecule has 0 bridgehead atoms. The molecular formula is C57H109N7O8. The summed E-state index contributed by atoms with van der Waals surface area (Å²) in [6.07, 6.45) is 24.4. The molecule has 4 aliphatic carbocycles. The molecule has 4 saturated carbocycles. The third-order valence-electron chi connectivity index (χ3n) is 14.1. The van der Waals surface area contributed by atoms with E-state index < -0.39 is 5.97 Å². The Labute approximate surface area is 438 Å². The van der Waals surface area contributed by atoms with Crippen LogP contribution in [0.1, 0.15) is 236 Å². The number of rotatable bonds is 20. The second-order valence-electron chi connectivity index (χ2n) is 23.0. The van der Waals surface area contributed by atoms with Crippen LogP contribution in [0, 0.1) is 36.5 Å². The fourth-order valence-corrected chi connectivity index (χ4v) is 10.7. The van der Waals surface area contributed by atoms with Gasteiger partial charge in [-0.3, -0.25) is 19.2 Å². The Kier molecular flexibility index (Phi) is 35.1. The minimum absolute atomic E-state index is 0.101. The lowest BCUT2D eigenvalue weighted by atomic mass is 9.82. The molecule has 1 aromatic rings. The van der Waals surface area contributed by atoms with E-state index in [9.17, 15) is 19.2 Å². The summed E-state index contributed by atoms with van der Waals surface area (Å²) in [7, 11) is 2.94. The number of Topliss-reactive ketones (excluding diaryl/α,β-unsaturated/α-hetero) is 1. The molecule has 4 fully saturated rings. The van der Waals surface area contributed by atoms with Crippen molar-refractivity contribution < 1.29 is 38.3 Å². The smallest absolute Gasteiger partial charge is 0.323 e. The minimum atomic E-state index is -0.689. The van der Waals surface area contributed by atoms with E-state index in [2.05, 4.69) is 106 Å². The SMILES string of the molecule is CC(=O)[C@H](NC(C)C)C1CCCCC1.CC(C)N[C@H](C(=O)O)C1CCCCC1.COC(=O)[C@@H](NC(C)C)C1CCCCC1.COC(=O)[C@H](NC(C)C)C1CCCCC1.Cc1noc(C(NC(C)C)C(C)C)n1. The number of carboxylic acid groups (broad SMARTS) is 1. The van der Waals surface area contributed by atoms with Gasteiger partial charge in [0.25, 0.3) is 0 Å². The molecule has 4 aliphatic rings. The number of carbonyl (C=O) groups excluding carboxylic acids is 3. The number of esters is 2. The summed E-state index contributed by atoms with van der Waals surface area (Å²) in [6.45, 7) is 28.5. The predicted molar refractivity (Wildman–Crippen MR) is 292 cm³/mol. The van der Waals surface area contributed by atoms with E-state index in [4.69, 9.17) is 19.1 Å². The summed E-state index contributed by atoms with van der Waals surface area (Å²) in [4.78, 5) is 50.2. The van der Waals surface area contributed by atoms with Gasteiger partial charge in [-0.25, -0.2) is 0 Å². The largest absolute Gasteiger partial charge is 0.480 e. The van der Waals surface area contributed by atoms with Crippen molar-refractivity contribution in [3.05, 3.63) is 11.7 Å². The zero-order valence-electron chi connectivity index (χ0n) is 48.5. The van der Waals surface area contributed by atoms with Crippen LogP contribution < -0.4 is 26.6 Å². The van der Waals surface area contributed by atoms with Crippen molar-refractivity contribution in [2.45, 2.75) is 286 Å². The zero-order valence-corrected chi connectivity index (χ0v) is 48.5. The maximum atomic E-state index is 11.7. The number of hydrogen-bond acceptors (Lipinski definition) is 14. The van der Waals surface area contributed by atoms with Crippen molar-refractivity contribution in [1.29, 1.82) is 0 Å². The van der Waals surface area contributed by atoms with Crippen molar-refractivity contribution in [2.24, 2.45) is 29.6 Å². The van der Waals surface area contributed by atoms with Crippen molar-refractivity contribution in [1.82, 2.24) is 36.7 Å². The molecule has 1 aromatic heterocycles. The minimum Gasteiger partial charge on any atom is -0.480 e. The molecule has 0 radical (unpaired) electrons. The average Bonchev–Trinajstić information content (AvgIpc) is 3.79. The van der Waals surface area contributed by atoms with Crippen molar-refractivity contribution in [3.63, 3.8) is 0 Å². The monoisotopic (exact) mass is 1020 g/mol. The number of carbonyl (C=O) groups is 4. The van der Waals surface area contributed by atoms with Gasteiger partial charge in [-0.15, -0.1) is 0 Å². The molecule has 1 heterocycles. The third kappa shape index (κ3) is 28.1. The number of carboxylic acids is 1. The molecule has 6 N–H and O–H groups in total. The van der Waals surface area contributed by atoms with E-state index in [-0.39, 0.29) is 48.2 Å². The summed E-state index contributed by atoms with van der Waals surface area (Å²) >= 11 is 0. The van der Waals surface area contributed by atoms with Gasteiger partial charge in [0.15, 0.2) is 5.82 Å². The van der Waals surface area contributed by atoms with E-state index in [0.29, 0.717) is 71.3 Å². The Morgan fingerprint density at radius 2 is 0.778 bits per heavy atom. The van der Waals surface area contributed by atoms with Gasteiger partial charge in [0.2, 0.25) is 5.89 Å². The van der Waals surface area contributed by atoms with Crippen LogP contribution in [0.15, 0.2) is 4.52 Å². The first-order chi connectivity index (χ1) is 34.0. The van der Waals surface area contributed by atoms with Gasteiger partial charge in [-0.05, 0) is 94.8 Å². The second-order valence-corrected chi connectivity index (χ2v) is 23.0. The van der Waals surface area contributed by atoms with Crippen LogP contribution in [0.2, 0.25) is 0 Å². The number of nitrogens with zero attached hydrogens (tertiary/aromatic N) is 2. The van der Waals surface area contributed by atoms with Gasteiger partial charge in [-0.1, -0.05) is 165 Å². The number of aryl methyl sites for hydroxylation is 1. The van der Waals surface area contributed by atoms with Gasteiger partial charge >= 0.3 is 17.9 Å². The molecule has 0 aromatic carbocycles. The highest BCUT2D eigenvalue weighted by atomic mass is 16.5. The third-order valence-corrected chi connectivity index (χ3v) is 14.1. The van der Waals surface area contributed by atoms with Crippen molar-refractivity contribution in [2.75, 3.05) is 14.2 Å². The highest BCUT2D eigenvalue weighted by Gasteiger charge is 2.33. The first-order valence-corrected chi connectivity index (χ1v) is 28.5. The summed E-state index contributed by atoms with van der Waals surface area (Å²) in [5, 5.41) is 29.5. The van der Waals surface area contributed by atoms with E-state index in [1.807, 2.05) is 20.8 Å². The Balaban J connectivity index is 0.000000450. The molecule has 0 aliphatic heterocycles. The van der Waals surface area contributed by atoms with Gasteiger partial charge in [0.1, 0.15) is 23.9 Å². The normalized spacial score (nSPS) is 19.4. The molecular weight excluding hydrogens is 911 g/mol. The lowest BCUT2D eigenvalue weighted by Gasteiger charge is -2.30. The Hall–Kier alpha value is -2.98. The topological polar surface area (TPSA) is 206 Å². The number of hydrogen-bond donors (Lipinski definition) is 6. The number of aliphatic carboxylic acids is 1. The Morgan fingerprint density at radius 1 is 0.486 bits per heavy atom. The summed E-state index contributed by atoms with van der Waals surface area (Å²) in [6, 6.07) is 1.44. The van der Waals surface area contributed by atoms with Crippen molar-refractivity contribution >= 4 is 23.7 Å². The quantitative estimate of drug-likeness (QED) is 0.0672. The summed E-state index contributed by atoms with van der Waals surface area (Å²) in [5.41, 5.74) is 0. The van der Waals surface area contributed by atoms with Crippen molar-refractivity contribution in [3.8, 4) is 0 Å². The van der Waals surface area contributed by atoms with Crippen LogP contribution in [0.5, 0.6) is 0 Å². The molecule has 0 saturated heterocycles. The number of methoxy groups -OCH3 is 2. The molecule has 15 heteroatoms. The Bertz CT molecular complexity index is 1490. The molecule has 420 valence electrons. The standard InChI is InChI=1S/2C12H23NO2.C12H23NO.C11H21NO2.C10H19N3O/c2*1-9(2)13-11(12(14)15-3)10-7-5-4-6-8-10;1-9(2)13-12(10(3)14)11-7-5-4-6-8-11;1-8(2)12-10(11(13)14)9-6-4-3-5-7-9;1-6(2)9(11-7(3)4)10-12-8(5)13-14-10/h2*9-11,13H,4-8H2,1-3H3;9,11-13H,4-8H2,1-3H3;8-10,12H,3-7H2,1-2H3,(H,13,14);6-7,9,11H,1-5H3/t2*11-;12-;10-;/m1000./s1. The number of aromatic nitrogens is 2. The molecule has 15 nitrogen and oxygen atoms in total. The second kappa shape index (κ2) is 37.7. The lowest BCUT2D eigenvalue weighted by molar-refractivity contribution is -0.146. The number of nitrogens with one attached hydrogen (secondary N) is 5. The Morgan fingerprint density at radius 3 is 1.03 bits per heavy atom. The number of ketones is 1. The summed E-state index contributed by atoms with van der Waals surface area (Å²) < 4.78 is 14.9. The van der Waals surface area contributed by atoms with Crippen LogP contribution in [0.3, 0.4) is 0 Å². The fourth-order valence-electron chi connectivity index (χ4n) is 10.7. The van der Waals surface area contributed by atoms with Crippen LogP contribution in [0.4, 0.5) is 0 Å². The van der Waals surface area contributed by atoms with Gasteiger partial charge < -0.3 is 45.7 Å². The molecule has 72 heavy (non-hydrogen) atoms. The zero-order chi connectivity index (χ0) is 54.3. The fraction of sp³-hybridized carbons (Fsp3) is 0.895. The summed E-state index contributed by atoms with van der Waals surface area (Å²) in [5.74, 6) is 3.09. The lowest BCUT2D eigenvalue weighted by Crippen LogP contribution is -2.47. The van der Waals surface area contributed by atoms with E-state index in [1.165, 1.54) is 104 Å². The van der Waals surface area contributed by atoms with E-state index in [1.54, 1.807) is 6.92 Å². The van der Waals surface area contributed by atoms with Gasteiger partial charge in [0.05, 0.1) is 26.3 Å². The number of ether oxygens (including phenoxy) is 2. The van der Waals surface area contributed by atoms with Gasteiger partial charge in [-0.2, -0.15) is 4.98 Å². The van der Waals surface area contributed by atoms with E-state index >= 15 is 0 Å². The van der Waals surface area contributed by atoms with Crippen LogP contribution in [-0.4, -0.2) is 108 Å². The highest BCUT2D eigenvalue weighted by Crippen LogP contribution is 2.30. The van der Waals surface area contributed by atoms with Crippen LogP contribution in [-0.2, 0) is 28.7 Å². The predicted octanol–water partition coefficient (Wildman–Crippen LogP) is 10.8. The molecule has 5 rings (SSSR count). The highest BCUT2D eigenvalue weighted by molar-refractivity contribution is 5.81. The average molecular weight is 1020 g/mol. The first-order valence-electron chi connectivity index (χ1n) is 28.5. The first kappa shape index (κ1) is 67.0. The molecule has 5 atom stereocenters. The van der Waals surface area contributed by atoms with E-state index in [0.717, 1.165) is 38.5 Å². The molecule has 1 unspecified atom stereocenters. The molecule has 0 spiro atoms. The molecule has 0 amide bonds. The maximum absolute atomic E-state index is 11.7. The van der Waals surface area contributed by atoms with Crippen LogP contribution >= 0.6 is 0 Å². The van der Waals surface area contributed by atoms with Crippen LogP contribution in [0.25, 0.3) is 0 Å².